The Bertz CT molecular complexity index is 1160. The lowest BCUT2D eigenvalue weighted by Crippen LogP contribution is -2.37. The van der Waals surface area contributed by atoms with Crippen LogP contribution < -0.4 is 16.6 Å². The molecule has 0 bridgehead atoms. The summed E-state index contributed by atoms with van der Waals surface area (Å²) in [5, 5.41) is 3.57. The molecule has 1 fully saturated rings. The molecule has 3 aromatic rings. The van der Waals surface area contributed by atoms with Gasteiger partial charge in [-0.3, -0.25) is 18.5 Å². The van der Waals surface area contributed by atoms with E-state index >= 15 is 0 Å². The number of nitrogens with one attached hydrogen (secondary N) is 1. The Hall–Kier alpha value is -2.83. The highest BCUT2D eigenvalue weighted by Crippen LogP contribution is 2.24. The summed E-state index contributed by atoms with van der Waals surface area (Å²) in [6.07, 6.45) is 5.88. The van der Waals surface area contributed by atoms with Crippen molar-refractivity contribution in [1.29, 1.82) is 0 Å². The van der Waals surface area contributed by atoms with Crippen molar-refractivity contribution in [3.63, 3.8) is 0 Å². The van der Waals surface area contributed by atoms with E-state index in [2.05, 4.69) is 37.4 Å². The van der Waals surface area contributed by atoms with E-state index in [1.807, 2.05) is 4.57 Å². The minimum Gasteiger partial charge on any atom is -0.353 e. The van der Waals surface area contributed by atoms with Crippen LogP contribution >= 0.6 is 0 Å². The molecule has 0 radical (unpaired) electrons. The van der Waals surface area contributed by atoms with Crippen molar-refractivity contribution < 1.29 is 0 Å². The summed E-state index contributed by atoms with van der Waals surface area (Å²) >= 11 is 0. The molecule has 2 heterocycles. The quantitative estimate of drug-likeness (QED) is 0.737. The van der Waals surface area contributed by atoms with Gasteiger partial charge in [0.15, 0.2) is 11.2 Å². The monoisotopic (exact) mass is 395 g/mol. The van der Waals surface area contributed by atoms with Crippen molar-refractivity contribution in [2.45, 2.75) is 58.5 Å². The average molecular weight is 396 g/mol. The van der Waals surface area contributed by atoms with E-state index < -0.39 is 0 Å². The van der Waals surface area contributed by atoms with Crippen LogP contribution in [0.3, 0.4) is 0 Å². The van der Waals surface area contributed by atoms with Gasteiger partial charge in [-0.05, 0) is 32.3 Å². The van der Waals surface area contributed by atoms with E-state index in [4.69, 9.17) is 4.98 Å². The molecule has 1 N–H and O–H groups in total. The highest BCUT2D eigenvalue weighted by atomic mass is 16.2. The Morgan fingerprint density at radius 3 is 2.31 bits per heavy atom. The second-order valence-corrected chi connectivity index (χ2v) is 8.37. The molecule has 0 atom stereocenters. The molecule has 0 amide bonds. The fourth-order valence-electron chi connectivity index (χ4n) is 4.48. The van der Waals surface area contributed by atoms with Crippen molar-refractivity contribution in [3.8, 4) is 0 Å². The van der Waals surface area contributed by atoms with Crippen molar-refractivity contribution in [2.24, 2.45) is 14.1 Å². The Morgan fingerprint density at radius 2 is 1.66 bits per heavy atom. The number of aromatic nitrogens is 4. The molecule has 0 unspecified atom stereocenters. The lowest BCUT2D eigenvalue weighted by atomic mass is 9.96. The van der Waals surface area contributed by atoms with Crippen LogP contribution in [0.2, 0.25) is 0 Å². The van der Waals surface area contributed by atoms with Crippen molar-refractivity contribution in [2.75, 3.05) is 5.32 Å². The zero-order valence-corrected chi connectivity index (χ0v) is 17.7. The van der Waals surface area contributed by atoms with Crippen LogP contribution in [-0.4, -0.2) is 24.7 Å². The van der Waals surface area contributed by atoms with E-state index in [1.54, 1.807) is 7.05 Å². The van der Waals surface area contributed by atoms with Gasteiger partial charge in [0.2, 0.25) is 5.95 Å². The maximum atomic E-state index is 13.0. The Kier molecular flexibility index (Phi) is 5.06. The summed E-state index contributed by atoms with van der Waals surface area (Å²) in [6, 6.07) is 6.75. The van der Waals surface area contributed by atoms with Gasteiger partial charge in [0.05, 0.1) is 6.54 Å². The van der Waals surface area contributed by atoms with Gasteiger partial charge in [0.25, 0.3) is 5.56 Å². The number of benzene rings is 1. The number of fused-ring (bicyclic) bond motifs is 1. The van der Waals surface area contributed by atoms with Crippen LogP contribution in [0.15, 0.2) is 27.8 Å². The zero-order valence-electron chi connectivity index (χ0n) is 17.7. The molecule has 0 spiro atoms. The zero-order chi connectivity index (χ0) is 20.7. The third kappa shape index (κ3) is 3.61. The predicted octanol–water partition coefficient (Wildman–Crippen LogP) is 2.84. The highest BCUT2D eigenvalue weighted by Gasteiger charge is 2.22. The van der Waals surface area contributed by atoms with Gasteiger partial charge in [-0.25, -0.2) is 4.79 Å². The van der Waals surface area contributed by atoms with Crippen molar-refractivity contribution in [1.82, 2.24) is 18.7 Å². The first-order valence-corrected chi connectivity index (χ1v) is 10.3. The van der Waals surface area contributed by atoms with E-state index in [0.717, 1.165) is 23.0 Å². The fourth-order valence-corrected chi connectivity index (χ4v) is 4.48. The van der Waals surface area contributed by atoms with E-state index in [9.17, 15) is 9.59 Å². The number of imidazole rings is 1. The SMILES string of the molecule is Cc1cc(C)cc(Cn2c(NC3CCCCC3)nc3c2c(=O)n(C)c(=O)n3C)c1. The maximum Gasteiger partial charge on any atom is 0.332 e. The van der Waals surface area contributed by atoms with Gasteiger partial charge in [-0.1, -0.05) is 48.6 Å². The first-order valence-electron chi connectivity index (χ1n) is 10.3. The summed E-state index contributed by atoms with van der Waals surface area (Å²) in [7, 11) is 3.19. The Morgan fingerprint density at radius 1 is 1.00 bits per heavy atom. The van der Waals surface area contributed by atoms with Crippen LogP contribution in [-0.2, 0) is 20.6 Å². The molecular formula is C22H29N5O2. The minimum absolute atomic E-state index is 0.309. The van der Waals surface area contributed by atoms with Crippen LogP contribution in [0.1, 0.15) is 48.8 Å². The number of anilines is 1. The lowest BCUT2D eigenvalue weighted by Gasteiger charge is -2.23. The highest BCUT2D eigenvalue weighted by molar-refractivity contribution is 5.74. The van der Waals surface area contributed by atoms with E-state index in [-0.39, 0.29) is 11.2 Å². The molecule has 4 rings (SSSR count). The third-order valence-electron chi connectivity index (χ3n) is 5.91. The molecule has 7 nitrogen and oxygen atoms in total. The molecule has 0 aliphatic heterocycles. The van der Waals surface area contributed by atoms with Crippen LogP contribution in [0.25, 0.3) is 11.2 Å². The normalized spacial score (nSPS) is 15.2. The first-order chi connectivity index (χ1) is 13.8. The van der Waals surface area contributed by atoms with Crippen LogP contribution in [0.4, 0.5) is 5.95 Å². The van der Waals surface area contributed by atoms with Gasteiger partial charge in [-0.2, -0.15) is 4.98 Å². The van der Waals surface area contributed by atoms with E-state index in [1.165, 1.54) is 42.0 Å². The number of aryl methyl sites for hydroxylation is 3. The Labute approximate surface area is 170 Å². The average Bonchev–Trinajstić information content (AvgIpc) is 3.03. The molecule has 7 heteroatoms. The third-order valence-corrected chi connectivity index (χ3v) is 5.91. The summed E-state index contributed by atoms with van der Waals surface area (Å²) < 4.78 is 4.56. The van der Waals surface area contributed by atoms with Crippen LogP contribution in [0.5, 0.6) is 0 Å². The molecule has 0 saturated heterocycles. The predicted molar refractivity (Wildman–Crippen MR) is 116 cm³/mol. The molecule has 154 valence electrons. The van der Waals surface area contributed by atoms with Gasteiger partial charge >= 0.3 is 5.69 Å². The molecule has 1 saturated carbocycles. The summed E-state index contributed by atoms with van der Waals surface area (Å²) in [4.78, 5) is 30.1. The van der Waals surface area contributed by atoms with Gasteiger partial charge in [-0.15, -0.1) is 0 Å². The van der Waals surface area contributed by atoms with Crippen LogP contribution in [0, 0.1) is 13.8 Å². The van der Waals surface area contributed by atoms with Crippen molar-refractivity contribution in [3.05, 3.63) is 55.7 Å². The second kappa shape index (κ2) is 7.54. The minimum atomic E-state index is -0.359. The summed E-state index contributed by atoms with van der Waals surface area (Å²) in [6.45, 7) is 4.68. The molecule has 29 heavy (non-hydrogen) atoms. The molecule has 1 aromatic carbocycles. The molecule has 2 aromatic heterocycles. The first kappa shape index (κ1) is 19.5. The lowest BCUT2D eigenvalue weighted by molar-refractivity contribution is 0.459. The molecule has 1 aliphatic carbocycles. The Balaban J connectivity index is 1.89. The summed E-state index contributed by atoms with van der Waals surface area (Å²) in [5.41, 5.74) is 3.72. The van der Waals surface area contributed by atoms with Crippen molar-refractivity contribution >= 4 is 17.1 Å². The number of hydrogen-bond donors (Lipinski definition) is 1. The molecule has 1 aliphatic rings. The summed E-state index contributed by atoms with van der Waals surface area (Å²) in [5.74, 6) is 0.671. The van der Waals surface area contributed by atoms with Gasteiger partial charge in [0, 0.05) is 20.1 Å². The maximum absolute atomic E-state index is 13.0. The smallest absolute Gasteiger partial charge is 0.332 e. The number of nitrogens with zero attached hydrogens (tertiary/aromatic N) is 4. The number of rotatable bonds is 4. The van der Waals surface area contributed by atoms with E-state index in [0.29, 0.717) is 29.7 Å². The fraction of sp³-hybridized carbons (Fsp3) is 0.500. The van der Waals surface area contributed by atoms with Gasteiger partial charge < -0.3 is 5.32 Å². The standard InChI is InChI=1S/C22H29N5O2/c1-14-10-15(2)12-16(11-14)13-27-18-19(25(3)22(29)26(4)20(18)28)24-21(27)23-17-8-6-5-7-9-17/h10-12,17H,5-9,13H2,1-4H3,(H,23,24). The largest absolute Gasteiger partial charge is 0.353 e. The topological polar surface area (TPSA) is 73.8 Å². The second-order valence-electron chi connectivity index (χ2n) is 8.37. The van der Waals surface area contributed by atoms with Gasteiger partial charge in [0.1, 0.15) is 0 Å². The molecular weight excluding hydrogens is 366 g/mol. The number of hydrogen-bond acceptors (Lipinski definition) is 4.